The Labute approximate surface area is 109 Å². The average molecular weight is 268 g/mol. The third kappa shape index (κ3) is 1.60. The predicted molar refractivity (Wildman–Crippen MR) is 69.3 cm³/mol. The first-order valence-corrected chi connectivity index (χ1v) is 6.43. The van der Waals surface area contributed by atoms with Crippen molar-refractivity contribution in [3.63, 3.8) is 0 Å². The lowest BCUT2D eigenvalue weighted by Gasteiger charge is -2.41. The van der Waals surface area contributed by atoms with Crippen LogP contribution in [0.15, 0.2) is 27.4 Å². The van der Waals surface area contributed by atoms with Crippen LogP contribution in [0.5, 0.6) is 0 Å². The van der Waals surface area contributed by atoms with Gasteiger partial charge < -0.3 is 9.15 Å². The lowest BCUT2D eigenvalue weighted by Crippen LogP contribution is -2.47. The molecule has 0 bridgehead atoms. The van der Waals surface area contributed by atoms with Crippen molar-refractivity contribution in [1.29, 1.82) is 0 Å². The van der Waals surface area contributed by atoms with Crippen molar-refractivity contribution in [1.82, 2.24) is 4.57 Å². The number of benzene rings is 1. The number of aryl methyl sites for hydroxylation is 1. The van der Waals surface area contributed by atoms with E-state index in [-0.39, 0.29) is 11.2 Å². The van der Waals surface area contributed by atoms with Crippen molar-refractivity contribution in [3.05, 3.63) is 34.3 Å². The van der Waals surface area contributed by atoms with E-state index >= 15 is 0 Å². The van der Waals surface area contributed by atoms with Crippen molar-refractivity contribution >= 4 is 22.7 Å². The van der Waals surface area contributed by atoms with E-state index in [2.05, 4.69) is 0 Å². The SMILES string of the molecule is Cn1c(=O)oc2cc(C3(CCCl)COC3)ccc21. The fourth-order valence-electron chi connectivity index (χ4n) is 2.45. The topological polar surface area (TPSA) is 44.4 Å². The molecule has 0 saturated carbocycles. The number of fused-ring (bicyclic) bond motifs is 1. The second kappa shape index (κ2) is 4.14. The molecule has 0 N–H and O–H groups in total. The van der Waals surface area contributed by atoms with E-state index in [4.69, 9.17) is 20.8 Å². The Morgan fingerprint density at radius 3 is 2.83 bits per heavy atom. The van der Waals surface area contributed by atoms with Gasteiger partial charge in [0.2, 0.25) is 0 Å². The zero-order valence-corrected chi connectivity index (χ0v) is 10.9. The Bertz CT molecular complexity index is 639. The summed E-state index contributed by atoms with van der Waals surface area (Å²) in [4.78, 5) is 11.5. The highest BCUT2D eigenvalue weighted by Crippen LogP contribution is 2.37. The summed E-state index contributed by atoms with van der Waals surface area (Å²) in [5.74, 6) is 0.263. The van der Waals surface area contributed by atoms with Gasteiger partial charge >= 0.3 is 5.76 Å². The molecule has 0 unspecified atom stereocenters. The highest BCUT2D eigenvalue weighted by molar-refractivity contribution is 6.17. The number of halogens is 1. The average Bonchev–Trinajstić information content (AvgIpc) is 2.59. The molecule has 5 heteroatoms. The highest BCUT2D eigenvalue weighted by Gasteiger charge is 2.39. The monoisotopic (exact) mass is 267 g/mol. The van der Waals surface area contributed by atoms with Gasteiger partial charge in [0.25, 0.3) is 0 Å². The second-order valence-electron chi connectivity index (χ2n) is 4.82. The summed E-state index contributed by atoms with van der Waals surface area (Å²) >= 11 is 5.86. The van der Waals surface area contributed by atoms with Crippen molar-refractivity contribution in [2.45, 2.75) is 11.8 Å². The molecule has 0 aliphatic carbocycles. The van der Waals surface area contributed by atoms with Crippen molar-refractivity contribution < 1.29 is 9.15 Å². The summed E-state index contributed by atoms with van der Waals surface area (Å²) in [6, 6.07) is 5.89. The van der Waals surface area contributed by atoms with E-state index in [0.717, 1.165) is 17.5 Å². The van der Waals surface area contributed by atoms with Crippen LogP contribution in [-0.2, 0) is 17.2 Å². The number of ether oxygens (including phenoxy) is 1. The third-order valence-electron chi connectivity index (χ3n) is 3.73. The number of hydrogen-bond donors (Lipinski definition) is 0. The normalized spacial score (nSPS) is 17.9. The maximum atomic E-state index is 11.5. The number of rotatable bonds is 3. The molecular formula is C13H14ClNO3. The largest absolute Gasteiger partial charge is 0.419 e. The summed E-state index contributed by atoms with van der Waals surface area (Å²) in [7, 11) is 1.70. The van der Waals surface area contributed by atoms with Gasteiger partial charge in [-0.25, -0.2) is 4.79 Å². The van der Waals surface area contributed by atoms with Crippen LogP contribution in [-0.4, -0.2) is 23.7 Å². The van der Waals surface area contributed by atoms with Crippen molar-refractivity contribution in [2.75, 3.05) is 19.1 Å². The number of hydrogen-bond acceptors (Lipinski definition) is 3. The Morgan fingerprint density at radius 2 is 2.22 bits per heavy atom. The van der Waals surface area contributed by atoms with Gasteiger partial charge in [-0.05, 0) is 24.1 Å². The van der Waals surface area contributed by atoms with Gasteiger partial charge in [0.15, 0.2) is 5.58 Å². The predicted octanol–water partition coefficient (Wildman–Crippen LogP) is 2.03. The first-order chi connectivity index (χ1) is 8.66. The lowest BCUT2D eigenvalue weighted by molar-refractivity contribution is -0.0615. The molecule has 1 aromatic carbocycles. The molecule has 96 valence electrons. The summed E-state index contributed by atoms with van der Waals surface area (Å²) in [5, 5.41) is 0. The summed E-state index contributed by atoms with van der Waals surface area (Å²) in [6.07, 6.45) is 0.872. The Morgan fingerprint density at radius 1 is 1.44 bits per heavy atom. The first kappa shape index (κ1) is 11.8. The Kier molecular flexibility index (Phi) is 2.72. The van der Waals surface area contributed by atoms with Crippen LogP contribution in [0.4, 0.5) is 0 Å². The minimum atomic E-state index is -0.335. The van der Waals surface area contributed by atoms with Gasteiger partial charge in [-0.3, -0.25) is 4.57 Å². The minimum absolute atomic E-state index is 0.00957. The van der Waals surface area contributed by atoms with Gasteiger partial charge in [0, 0.05) is 18.3 Å². The fraction of sp³-hybridized carbons (Fsp3) is 0.462. The molecule has 2 heterocycles. The summed E-state index contributed by atoms with van der Waals surface area (Å²) in [6.45, 7) is 1.37. The van der Waals surface area contributed by atoms with E-state index in [1.165, 1.54) is 4.57 Å². The van der Waals surface area contributed by atoms with Crippen LogP contribution in [0.25, 0.3) is 11.1 Å². The number of alkyl halides is 1. The molecule has 0 radical (unpaired) electrons. The van der Waals surface area contributed by atoms with Gasteiger partial charge in [-0.15, -0.1) is 11.6 Å². The van der Waals surface area contributed by atoms with Gasteiger partial charge in [-0.1, -0.05) is 6.07 Å². The van der Waals surface area contributed by atoms with E-state index in [1.54, 1.807) is 7.05 Å². The Hall–Kier alpha value is -1.26. The first-order valence-electron chi connectivity index (χ1n) is 5.90. The fourth-order valence-corrected chi connectivity index (χ4v) is 2.81. The molecule has 1 aliphatic rings. The van der Waals surface area contributed by atoms with E-state index in [9.17, 15) is 4.79 Å². The molecule has 1 saturated heterocycles. The van der Waals surface area contributed by atoms with Gasteiger partial charge in [0.05, 0.1) is 18.7 Å². The number of nitrogens with zero attached hydrogens (tertiary/aromatic N) is 1. The Balaban J connectivity index is 2.10. The molecule has 1 aromatic heterocycles. The molecule has 2 aromatic rings. The molecule has 3 rings (SSSR count). The van der Waals surface area contributed by atoms with Gasteiger partial charge in [0.1, 0.15) is 0 Å². The van der Waals surface area contributed by atoms with Crippen LogP contribution >= 0.6 is 11.6 Å². The van der Waals surface area contributed by atoms with Crippen LogP contribution in [0, 0.1) is 0 Å². The van der Waals surface area contributed by atoms with Gasteiger partial charge in [-0.2, -0.15) is 0 Å². The standard InChI is InChI=1S/C13H14ClNO3/c1-15-10-3-2-9(6-11(10)18-12(15)16)13(4-5-14)7-17-8-13/h2-3,6H,4-5,7-8H2,1H3. The molecule has 0 atom stereocenters. The molecule has 1 fully saturated rings. The van der Waals surface area contributed by atoms with Crippen LogP contribution in [0.1, 0.15) is 12.0 Å². The van der Waals surface area contributed by atoms with Crippen molar-refractivity contribution in [2.24, 2.45) is 7.05 Å². The van der Waals surface area contributed by atoms with E-state index in [0.29, 0.717) is 24.7 Å². The maximum Gasteiger partial charge on any atom is 0.419 e. The molecular weight excluding hydrogens is 254 g/mol. The minimum Gasteiger partial charge on any atom is -0.408 e. The zero-order valence-electron chi connectivity index (χ0n) is 10.1. The lowest BCUT2D eigenvalue weighted by atomic mass is 9.76. The van der Waals surface area contributed by atoms with Crippen LogP contribution in [0.3, 0.4) is 0 Å². The smallest absolute Gasteiger partial charge is 0.408 e. The highest BCUT2D eigenvalue weighted by atomic mass is 35.5. The molecule has 0 spiro atoms. The molecule has 4 nitrogen and oxygen atoms in total. The zero-order chi connectivity index (χ0) is 12.8. The van der Waals surface area contributed by atoms with E-state index < -0.39 is 0 Å². The molecule has 1 aliphatic heterocycles. The third-order valence-corrected chi connectivity index (χ3v) is 3.92. The maximum absolute atomic E-state index is 11.5. The van der Waals surface area contributed by atoms with E-state index in [1.807, 2.05) is 18.2 Å². The molecule has 0 amide bonds. The van der Waals surface area contributed by atoms with Crippen LogP contribution in [0.2, 0.25) is 0 Å². The summed E-state index contributed by atoms with van der Waals surface area (Å²) < 4.78 is 12.0. The number of oxazole rings is 1. The molecule has 18 heavy (non-hydrogen) atoms. The van der Waals surface area contributed by atoms with Crippen molar-refractivity contribution in [3.8, 4) is 0 Å². The number of aromatic nitrogens is 1. The summed E-state index contributed by atoms with van der Waals surface area (Å²) in [5.41, 5.74) is 2.56. The second-order valence-corrected chi connectivity index (χ2v) is 5.20. The van der Waals surface area contributed by atoms with Crippen LogP contribution < -0.4 is 5.76 Å². The quantitative estimate of drug-likeness (QED) is 0.800.